The molecular formula is C31H31F3N4O6. The second-order valence-corrected chi connectivity index (χ2v) is 10.1. The van der Waals surface area contributed by atoms with E-state index >= 15 is 0 Å². The van der Waals surface area contributed by atoms with Gasteiger partial charge in [-0.15, -0.1) is 0 Å². The zero-order valence-corrected chi connectivity index (χ0v) is 23.8. The molecule has 0 saturated carbocycles. The number of rotatable bonds is 7. The maximum atomic E-state index is 12.6. The molecule has 1 saturated heterocycles. The molecule has 0 aliphatic carbocycles. The van der Waals surface area contributed by atoms with Crippen molar-refractivity contribution in [2.45, 2.75) is 45.3 Å². The Morgan fingerprint density at radius 3 is 2.25 bits per heavy atom. The number of urea groups is 1. The van der Waals surface area contributed by atoms with Crippen molar-refractivity contribution in [2.75, 3.05) is 18.4 Å². The third kappa shape index (κ3) is 8.06. The number of para-hydroxylation sites is 1. The van der Waals surface area contributed by atoms with Crippen LogP contribution in [0.3, 0.4) is 0 Å². The number of ether oxygens (including phenoxy) is 1. The van der Waals surface area contributed by atoms with Crippen molar-refractivity contribution in [1.82, 2.24) is 14.5 Å². The number of aliphatic carboxylic acids is 1. The molecule has 3 aromatic carbocycles. The van der Waals surface area contributed by atoms with Crippen molar-refractivity contribution >= 4 is 34.9 Å². The predicted molar refractivity (Wildman–Crippen MR) is 157 cm³/mol. The highest BCUT2D eigenvalue weighted by Gasteiger charge is 2.38. The number of carboxylic acid groups (broad SMARTS) is 2. The Kier molecular flexibility index (Phi) is 10.1. The Hall–Kier alpha value is -5.07. The number of halogens is 3. The molecule has 44 heavy (non-hydrogen) atoms. The van der Waals surface area contributed by atoms with Gasteiger partial charge in [-0.25, -0.2) is 19.4 Å². The van der Waals surface area contributed by atoms with Gasteiger partial charge in [-0.1, -0.05) is 49.4 Å². The third-order valence-electron chi connectivity index (χ3n) is 6.88. The molecular weight excluding hydrogens is 581 g/mol. The molecule has 1 aromatic heterocycles. The lowest BCUT2D eigenvalue weighted by Gasteiger charge is -2.16. The van der Waals surface area contributed by atoms with Gasteiger partial charge in [-0.2, -0.15) is 13.2 Å². The SMILES string of the molecule is CCCc1nc2ccc(NC(=O)N3CCCC3)cc2n1Cc1ccc(-c2ccccc2OC(=O)O)cc1.O=C(O)C(F)(F)F. The van der Waals surface area contributed by atoms with Crippen molar-refractivity contribution in [3.63, 3.8) is 0 Å². The minimum atomic E-state index is -5.08. The number of benzene rings is 3. The highest BCUT2D eigenvalue weighted by atomic mass is 19.4. The van der Waals surface area contributed by atoms with Crippen molar-refractivity contribution < 1.29 is 42.5 Å². The van der Waals surface area contributed by atoms with E-state index in [0.29, 0.717) is 12.3 Å². The van der Waals surface area contributed by atoms with Crippen LogP contribution < -0.4 is 10.1 Å². The van der Waals surface area contributed by atoms with Crippen LogP contribution in [0.4, 0.5) is 28.4 Å². The Morgan fingerprint density at radius 1 is 0.977 bits per heavy atom. The molecule has 13 heteroatoms. The first-order valence-electron chi connectivity index (χ1n) is 13.9. The number of amides is 2. The van der Waals surface area contributed by atoms with Crippen LogP contribution in [0.1, 0.15) is 37.6 Å². The molecule has 0 spiro atoms. The van der Waals surface area contributed by atoms with Crippen LogP contribution in [-0.2, 0) is 17.8 Å². The number of anilines is 1. The molecule has 5 rings (SSSR count). The van der Waals surface area contributed by atoms with Gasteiger partial charge in [-0.05, 0) is 54.7 Å². The van der Waals surface area contributed by atoms with E-state index in [2.05, 4.69) is 16.8 Å². The Morgan fingerprint density at radius 2 is 1.64 bits per heavy atom. The number of carbonyl (C=O) groups is 3. The number of nitrogens with one attached hydrogen (secondary N) is 1. The summed E-state index contributed by atoms with van der Waals surface area (Å²) in [7, 11) is 0. The zero-order chi connectivity index (χ0) is 31.9. The number of carboxylic acids is 1. The van der Waals surface area contributed by atoms with Gasteiger partial charge in [0, 0.05) is 37.3 Å². The second-order valence-electron chi connectivity index (χ2n) is 10.1. The summed E-state index contributed by atoms with van der Waals surface area (Å²) in [4.78, 5) is 39.3. The summed E-state index contributed by atoms with van der Waals surface area (Å²) in [5, 5.41) is 19.2. The minimum absolute atomic E-state index is 0.0561. The van der Waals surface area contributed by atoms with Crippen molar-refractivity contribution in [3.8, 4) is 16.9 Å². The van der Waals surface area contributed by atoms with Crippen LogP contribution >= 0.6 is 0 Å². The first kappa shape index (κ1) is 31.9. The van der Waals surface area contributed by atoms with Gasteiger partial charge in [0.2, 0.25) is 0 Å². The normalized spacial score (nSPS) is 12.9. The van der Waals surface area contributed by atoms with Crippen LogP contribution in [0.2, 0.25) is 0 Å². The Bertz CT molecular complexity index is 1630. The van der Waals surface area contributed by atoms with Crippen molar-refractivity contribution in [1.29, 1.82) is 0 Å². The Balaban J connectivity index is 0.000000566. The zero-order valence-electron chi connectivity index (χ0n) is 23.8. The van der Waals surface area contributed by atoms with Gasteiger partial charge in [-0.3, -0.25) is 0 Å². The lowest BCUT2D eigenvalue weighted by Crippen LogP contribution is -2.32. The summed E-state index contributed by atoms with van der Waals surface area (Å²) in [6, 6.07) is 20.9. The highest BCUT2D eigenvalue weighted by molar-refractivity contribution is 5.92. The number of imidazole rings is 1. The number of aromatic nitrogens is 2. The third-order valence-corrected chi connectivity index (χ3v) is 6.88. The molecule has 2 heterocycles. The number of aryl methyl sites for hydroxylation is 1. The number of hydrogen-bond acceptors (Lipinski definition) is 5. The number of alkyl halides is 3. The molecule has 0 radical (unpaired) electrons. The quantitative estimate of drug-likeness (QED) is 0.151. The molecule has 232 valence electrons. The van der Waals surface area contributed by atoms with Crippen LogP contribution in [0.15, 0.2) is 66.7 Å². The number of nitrogens with zero attached hydrogens (tertiary/aromatic N) is 3. The van der Waals surface area contributed by atoms with Crippen molar-refractivity contribution in [2.24, 2.45) is 0 Å². The van der Waals surface area contributed by atoms with Gasteiger partial charge < -0.3 is 29.7 Å². The largest absolute Gasteiger partial charge is 0.511 e. The van der Waals surface area contributed by atoms with E-state index in [0.717, 1.165) is 78.0 Å². The smallest absolute Gasteiger partial charge is 0.475 e. The maximum Gasteiger partial charge on any atom is 0.511 e. The fourth-order valence-electron chi connectivity index (χ4n) is 4.82. The average Bonchev–Trinajstić information content (AvgIpc) is 3.63. The van der Waals surface area contributed by atoms with Crippen LogP contribution in [-0.4, -0.2) is 62.1 Å². The maximum absolute atomic E-state index is 12.6. The van der Waals surface area contributed by atoms with Crippen LogP contribution in [0.25, 0.3) is 22.2 Å². The number of hydrogen-bond donors (Lipinski definition) is 3. The minimum Gasteiger partial charge on any atom is -0.475 e. The second kappa shape index (κ2) is 13.9. The van der Waals surface area contributed by atoms with E-state index in [1.807, 2.05) is 59.5 Å². The average molecular weight is 613 g/mol. The van der Waals surface area contributed by atoms with E-state index in [4.69, 9.17) is 24.7 Å². The lowest BCUT2D eigenvalue weighted by atomic mass is 10.0. The van der Waals surface area contributed by atoms with E-state index in [-0.39, 0.29) is 6.03 Å². The summed E-state index contributed by atoms with van der Waals surface area (Å²) in [6.07, 6.45) is -2.49. The molecule has 1 fully saturated rings. The van der Waals surface area contributed by atoms with E-state index in [9.17, 15) is 22.8 Å². The topological polar surface area (TPSA) is 134 Å². The van der Waals surface area contributed by atoms with Gasteiger partial charge in [0.15, 0.2) is 0 Å². The molecule has 0 bridgehead atoms. The van der Waals surface area contributed by atoms with E-state index in [1.54, 1.807) is 12.1 Å². The van der Waals surface area contributed by atoms with Crippen LogP contribution in [0.5, 0.6) is 5.75 Å². The summed E-state index contributed by atoms with van der Waals surface area (Å²) in [6.45, 7) is 4.37. The summed E-state index contributed by atoms with van der Waals surface area (Å²) < 4.78 is 38.9. The molecule has 1 aliphatic heterocycles. The summed E-state index contributed by atoms with van der Waals surface area (Å²) in [5.74, 6) is -1.45. The highest BCUT2D eigenvalue weighted by Crippen LogP contribution is 2.31. The first-order chi connectivity index (χ1) is 21.0. The Labute approximate surface area is 250 Å². The van der Waals surface area contributed by atoms with Crippen molar-refractivity contribution in [3.05, 3.63) is 78.1 Å². The van der Waals surface area contributed by atoms with E-state index in [1.165, 1.54) is 0 Å². The van der Waals surface area contributed by atoms with Gasteiger partial charge >= 0.3 is 24.3 Å². The van der Waals surface area contributed by atoms with Gasteiger partial charge in [0.1, 0.15) is 11.6 Å². The fraction of sp³-hybridized carbons (Fsp3) is 0.290. The van der Waals surface area contributed by atoms with E-state index < -0.39 is 18.3 Å². The molecule has 2 amide bonds. The fourth-order valence-corrected chi connectivity index (χ4v) is 4.82. The number of fused-ring (bicyclic) bond motifs is 1. The lowest BCUT2D eigenvalue weighted by molar-refractivity contribution is -0.192. The first-order valence-corrected chi connectivity index (χ1v) is 13.9. The van der Waals surface area contributed by atoms with Crippen LogP contribution in [0, 0.1) is 0 Å². The molecule has 4 aromatic rings. The number of carbonyl (C=O) groups excluding carboxylic acids is 1. The molecule has 10 nitrogen and oxygen atoms in total. The van der Waals surface area contributed by atoms with Gasteiger partial charge in [0.05, 0.1) is 11.0 Å². The predicted octanol–water partition coefficient (Wildman–Crippen LogP) is 7.02. The molecule has 0 unspecified atom stereocenters. The number of likely N-dealkylation sites (tertiary alicyclic amines) is 1. The molecule has 0 atom stereocenters. The van der Waals surface area contributed by atoms with Gasteiger partial charge in [0.25, 0.3) is 0 Å². The summed E-state index contributed by atoms with van der Waals surface area (Å²) >= 11 is 0. The summed E-state index contributed by atoms with van der Waals surface area (Å²) in [5.41, 5.74) is 5.32. The molecule has 3 N–H and O–H groups in total. The standard InChI is InChI=1S/C29H30N4O4.C2HF3O2/c1-2-7-27-31-24-15-14-22(30-28(34)32-16-5-6-17-32)18-25(24)33(27)19-20-10-12-21(13-11-20)23-8-3-4-9-26(23)37-29(35)36;3-2(4,5)1(6)7/h3-4,8-15,18H,2,5-7,16-17,19H2,1H3,(H,30,34)(H,35,36);(H,6,7). The monoisotopic (exact) mass is 612 g/mol. The molecule has 1 aliphatic rings.